The number of carbonyl (C=O) groups excluding carboxylic acids is 1. The number of hydrogen-bond donors (Lipinski definition) is 2. The van der Waals surface area contributed by atoms with Crippen molar-refractivity contribution in [2.45, 2.75) is 0 Å². The molecule has 10 heteroatoms. The van der Waals surface area contributed by atoms with Crippen molar-refractivity contribution in [1.82, 2.24) is 24.7 Å². The Balaban J connectivity index is 1.70. The minimum Gasteiger partial charge on any atom is -0.308 e. The van der Waals surface area contributed by atoms with Gasteiger partial charge in [0.25, 0.3) is 0 Å². The summed E-state index contributed by atoms with van der Waals surface area (Å²) in [6, 6.07) is 5.85. The summed E-state index contributed by atoms with van der Waals surface area (Å²) in [5.41, 5.74) is 0.502. The van der Waals surface area contributed by atoms with Gasteiger partial charge in [0.2, 0.25) is 0 Å². The molecule has 3 rings (SSSR count). The van der Waals surface area contributed by atoms with Crippen molar-refractivity contribution in [2.24, 2.45) is 0 Å². The quantitative estimate of drug-likeness (QED) is 0.757. The molecule has 0 fully saturated rings. The van der Waals surface area contributed by atoms with E-state index in [1.54, 1.807) is 24.3 Å². The lowest BCUT2D eigenvalue weighted by Gasteiger charge is -2.08. The molecule has 0 aliphatic carbocycles. The fraction of sp³-hybridized carbons (Fsp3) is 0. The third-order valence-corrected chi connectivity index (χ3v) is 3.46. The highest BCUT2D eigenvalue weighted by molar-refractivity contribution is 6.42. The van der Waals surface area contributed by atoms with Gasteiger partial charge in [-0.3, -0.25) is 5.32 Å². The number of hydrogen-bond acceptors (Lipinski definition) is 5. The van der Waals surface area contributed by atoms with Crippen molar-refractivity contribution < 1.29 is 4.79 Å². The van der Waals surface area contributed by atoms with Crippen LogP contribution in [0.1, 0.15) is 0 Å². The molecule has 0 saturated heterocycles. The molecule has 3 aromatic rings. The summed E-state index contributed by atoms with van der Waals surface area (Å²) in [6.45, 7) is 0. The molecule has 116 valence electrons. The zero-order valence-electron chi connectivity index (χ0n) is 11.4. The molecule has 0 aliphatic rings. The van der Waals surface area contributed by atoms with Crippen molar-refractivity contribution in [3.05, 3.63) is 53.3 Å². The fourth-order valence-electron chi connectivity index (χ4n) is 1.72. The molecule has 0 radical (unpaired) electrons. The Morgan fingerprint density at radius 3 is 2.65 bits per heavy atom. The van der Waals surface area contributed by atoms with Gasteiger partial charge in [0.05, 0.1) is 10.0 Å². The van der Waals surface area contributed by atoms with Crippen LogP contribution < -0.4 is 10.6 Å². The summed E-state index contributed by atoms with van der Waals surface area (Å²) >= 11 is 11.7. The summed E-state index contributed by atoms with van der Waals surface area (Å²) in [6.07, 6.45) is 4.18. The second-order valence-corrected chi connectivity index (χ2v) is 5.12. The van der Waals surface area contributed by atoms with Crippen LogP contribution in [-0.2, 0) is 0 Å². The van der Waals surface area contributed by atoms with Gasteiger partial charge >= 0.3 is 6.03 Å². The van der Waals surface area contributed by atoms with Gasteiger partial charge in [-0.2, -0.15) is 5.10 Å². The Kier molecular flexibility index (Phi) is 4.35. The van der Waals surface area contributed by atoms with E-state index in [0.717, 1.165) is 0 Å². The van der Waals surface area contributed by atoms with E-state index in [-0.39, 0.29) is 0 Å². The summed E-state index contributed by atoms with van der Waals surface area (Å²) < 4.78 is 1.45. The lowest BCUT2D eigenvalue weighted by atomic mass is 10.3. The first-order chi connectivity index (χ1) is 11.1. The minimum absolute atomic E-state index is 0.308. The first-order valence-electron chi connectivity index (χ1n) is 6.32. The van der Waals surface area contributed by atoms with Crippen molar-refractivity contribution >= 4 is 40.7 Å². The van der Waals surface area contributed by atoms with E-state index < -0.39 is 6.03 Å². The Labute approximate surface area is 140 Å². The third-order valence-electron chi connectivity index (χ3n) is 2.73. The number of halogens is 2. The number of rotatable bonds is 3. The number of carbonyl (C=O) groups is 1. The van der Waals surface area contributed by atoms with E-state index >= 15 is 0 Å². The van der Waals surface area contributed by atoms with Gasteiger partial charge in [-0.25, -0.2) is 24.4 Å². The molecule has 2 aromatic heterocycles. The van der Waals surface area contributed by atoms with Gasteiger partial charge in [-0.1, -0.05) is 23.2 Å². The maximum Gasteiger partial charge on any atom is 0.324 e. The fourth-order valence-corrected chi connectivity index (χ4v) is 2.02. The topological polar surface area (TPSA) is 97.6 Å². The van der Waals surface area contributed by atoms with Crippen molar-refractivity contribution in [3.8, 4) is 5.82 Å². The van der Waals surface area contributed by atoms with E-state index in [9.17, 15) is 4.79 Å². The molecular formula is C13H9Cl2N7O. The van der Waals surface area contributed by atoms with Gasteiger partial charge < -0.3 is 5.32 Å². The zero-order valence-corrected chi connectivity index (χ0v) is 13.0. The number of urea groups is 1. The van der Waals surface area contributed by atoms with Gasteiger partial charge in [-0.15, -0.1) is 0 Å². The molecule has 2 N–H and O–H groups in total. The second kappa shape index (κ2) is 6.59. The maximum absolute atomic E-state index is 12.0. The summed E-state index contributed by atoms with van der Waals surface area (Å²) in [4.78, 5) is 23.8. The van der Waals surface area contributed by atoms with Gasteiger partial charge in [0, 0.05) is 11.8 Å². The normalized spacial score (nSPS) is 10.3. The van der Waals surface area contributed by atoms with Crippen LogP contribution in [0.3, 0.4) is 0 Å². The minimum atomic E-state index is -0.480. The summed E-state index contributed by atoms with van der Waals surface area (Å²) in [7, 11) is 0. The van der Waals surface area contributed by atoms with E-state index in [0.29, 0.717) is 27.4 Å². The number of amides is 2. The average molecular weight is 350 g/mol. The van der Waals surface area contributed by atoms with Gasteiger partial charge in [-0.05, 0) is 18.2 Å². The summed E-state index contributed by atoms with van der Waals surface area (Å²) in [5.74, 6) is 0.783. The van der Waals surface area contributed by atoms with Crippen LogP contribution in [0.2, 0.25) is 10.0 Å². The standard InChI is InChI=1S/C13H9Cl2N7O/c14-9-2-1-8(3-10(9)15)20-13(23)21-11-4-12(18-6-17-11)22-7-16-5-19-22/h1-7H,(H2,17,18,20,21,23). The predicted molar refractivity (Wildman–Crippen MR) is 86.1 cm³/mol. The van der Waals surface area contributed by atoms with Crippen molar-refractivity contribution in [1.29, 1.82) is 0 Å². The summed E-state index contributed by atoms with van der Waals surface area (Å²) in [5, 5.41) is 9.92. The molecule has 2 amide bonds. The SMILES string of the molecule is O=C(Nc1ccc(Cl)c(Cl)c1)Nc1cc(-n2cncn2)ncn1. The van der Waals surface area contributed by atoms with Crippen LogP contribution in [-0.4, -0.2) is 30.8 Å². The molecule has 0 atom stereocenters. The third kappa shape index (κ3) is 3.74. The molecule has 0 spiro atoms. The number of aromatic nitrogens is 5. The molecule has 0 bridgehead atoms. The lowest BCUT2D eigenvalue weighted by Crippen LogP contribution is -2.20. The van der Waals surface area contributed by atoms with Crippen molar-refractivity contribution in [3.63, 3.8) is 0 Å². The molecule has 0 unspecified atom stereocenters. The number of benzene rings is 1. The number of nitrogens with one attached hydrogen (secondary N) is 2. The molecule has 0 aliphatic heterocycles. The van der Waals surface area contributed by atoms with Crippen LogP contribution in [0.25, 0.3) is 5.82 Å². The Morgan fingerprint density at radius 1 is 1.04 bits per heavy atom. The molecule has 0 saturated carbocycles. The van der Waals surface area contributed by atoms with E-state index in [1.165, 1.54) is 23.7 Å². The largest absolute Gasteiger partial charge is 0.324 e. The predicted octanol–water partition coefficient (Wildman–Crippen LogP) is 3.01. The molecule has 23 heavy (non-hydrogen) atoms. The molecular weight excluding hydrogens is 341 g/mol. The van der Waals surface area contributed by atoms with Gasteiger partial charge in [0.1, 0.15) is 24.8 Å². The Hall–Kier alpha value is -2.71. The van der Waals surface area contributed by atoms with E-state index in [4.69, 9.17) is 23.2 Å². The Morgan fingerprint density at radius 2 is 1.91 bits per heavy atom. The van der Waals surface area contributed by atoms with E-state index in [1.807, 2.05) is 0 Å². The lowest BCUT2D eigenvalue weighted by molar-refractivity contribution is 0.262. The highest BCUT2D eigenvalue weighted by Gasteiger charge is 2.07. The maximum atomic E-state index is 12.0. The highest BCUT2D eigenvalue weighted by Crippen LogP contribution is 2.25. The van der Waals surface area contributed by atoms with Crippen LogP contribution in [0.4, 0.5) is 16.3 Å². The van der Waals surface area contributed by atoms with Crippen LogP contribution in [0, 0.1) is 0 Å². The van der Waals surface area contributed by atoms with Crippen LogP contribution >= 0.6 is 23.2 Å². The number of nitrogens with zero attached hydrogens (tertiary/aromatic N) is 5. The van der Waals surface area contributed by atoms with E-state index in [2.05, 4.69) is 30.7 Å². The van der Waals surface area contributed by atoms with Gasteiger partial charge in [0.15, 0.2) is 5.82 Å². The monoisotopic (exact) mass is 349 g/mol. The molecule has 1 aromatic carbocycles. The second-order valence-electron chi connectivity index (χ2n) is 4.31. The first kappa shape index (κ1) is 15.2. The highest BCUT2D eigenvalue weighted by atomic mass is 35.5. The molecule has 8 nitrogen and oxygen atoms in total. The van der Waals surface area contributed by atoms with Crippen LogP contribution in [0.5, 0.6) is 0 Å². The first-order valence-corrected chi connectivity index (χ1v) is 7.07. The smallest absolute Gasteiger partial charge is 0.308 e. The molecule has 2 heterocycles. The average Bonchev–Trinajstić information content (AvgIpc) is 3.05. The Bertz CT molecular complexity index is 838. The van der Waals surface area contributed by atoms with Crippen LogP contribution in [0.15, 0.2) is 43.2 Å². The van der Waals surface area contributed by atoms with Crippen molar-refractivity contribution in [2.75, 3.05) is 10.6 Å². The number of anilines is 2. The zero-order chi connectivity index (χ0) is 16.2.